The van der Waals surface area contributed by atoms with E-state index in [1.54, 1.807) is 60.7 Å². The average Bonchev–Trinajstić information content (AvgIpc) is 2.83. The van der Waals surface area contributed by atoms with E-state index in [4.69, 9.17) is 0 Å². The molecule has 5 nitrogen and oxygen atoms in total. The molecule has 0 unspecified atom stereocenters. The lowest BCUT2D eigenvalue weighted by atomic mass is 9.93. The van der Waals surface area contributed by atoms with Gasteiger partial charge in [0, 0.05) is 21.9 Å². The van der Waals surface area contributed by atoms with Gasteiger partial charge in [-0.15, -0.1) is 0 Å². The zero-order valence-electron chi connectivity index (χ0n) is 18.7. The molecule has 0 amide bonds. The number of hydrogen-bond acceptors (Lipinski definition) is 4. The molecule has 0 fully saturated rings. The van der Waals surface area contributed by atoms with Gasteiger partial charge in [0.05, 0.1) is 10.6 Å². The lowest BCUT2D eigenvalue weighted by Gasteiger charge is -2.17. The van der Waals surface area contributed by atoms with Crippen molar-refractivity contribution < 1.29 is 18.6 Å². The summed E-state index contributed by atoms with van der Waals surface area (Å²) in [6.45, 7) is 3.79. The molecule has 170 valence electrons. The number of anilines is 1. The predicted molar refractivity (Wildman–Crippen MR) is 137 cm³/mol. The van der Waals surface area contributed by atoms with Gasteiger partial charge >= 0.3 is 0 Å². The van der Waals surface area contributed by atoms with Crippen LogP contribution in [0.2, 0.25) is 0 Å². The van der Waals surface area contributed by atoms with E-state index in [0.29, 0.717) is 27.6 Å². The summed E-state index contributed by atoms with van der Waals surface area (Å²) in [6.07, 6.45) is 0. The van der Waals surface area contributed by atoms with E-state index in [2.05, 4.69) is 4.72 Å². The van der Waals surface area contributed by atoms with Crippen molar-refractivity contribution in [1.29, 1.82) is 0 Å². The summed E-state index contributed by atoms with van der Waals surface area (Å²) in [5.74, 6) is -0.0383. The van der Waals surface area contributed by atoms with Crippen LogP contribution < -0.4 is 4.72 Å². The largest absolute Gasteiger partial charge is 0.507 e. The highest BCUT2D eigenvalue weighted by Gasteiger charge is 2.21. The number of hydrogen-bond donors (Lipinski definition) is 3. The summed E-state index contributed by atoms with van der Waals surface area (Å²) in [7, 11) is -3.90. The number of benzene rings is 5. The molecule has 0 saturated carbocycles. The molecule has 34 heavy (non-hydrogen) atoms. The molecule has 0 aromatic heterocycles. The Bertz CT molecular complexity index is 1690. The second-order valence-corrected chi connectivity index (χ2v) is 10.1. The molecule has 5 aromatic carbocycles. The van der Waals surface area contributed by atoms with Crippen LogP contribution in [0, 0.1) is 13.8 Å². The third-order valence-corrected chi connectivity index (χ3v) is 7.59. The SMILES string of the molecule is Cc1ccc(S(=O)(=O)Nc2cc(-c3c(O)ccc4ccccc34)c(O)c3ccccc23)cc1C. The van der Waals surface area contributed by atoms with Crippen molar-refractivity contribution in [3.05, 3.63) is 96.1 Å². The molecule has 5 rings (SSSR count). The van der Waals surface area contributed by atoms with E-state index in [-0.39, 0.29) is 16.4 Å². The smallest absolute Gasteiger partial charge is 0.261 e. The summed E-state index contributed by atoms with van der Waals surface area (Å²) in [5.41, 5.74) is 2.97. The number of nitrogens with one attached hydrogen (secondary N) is 1. The molecule has 5 aromatic rings. The van der Waals surface area contributed by atoms with Crippen molar-refractivity contribution in [3.63, 3.8) is 0 Å². The summed E-state index contributed by atoms with van der Waals surface area (Å²) >= 11 is 0. The molecule has 0 aliphatic heterocycles. The second-order valence-electron chi connectivity index (χ2n) is 8.40. The lowest BCUT2D eigenvalue weighted by Crippen LogP contribution is -2.13. The highest BCUT2D eigenvalue weighted by Crippen LogP contribution is 2.46. The summed E-state index contributed by atoms with van der Waals surface area (Å²) < 4.78 is 29.3. The minimum atomic E-state index is -3.90. The van der Waals surface area contributed by atoms with Gasteiger partial charge in [-0.2, -0.15) is 0 Å². The van der Waals surface area contributed by atoms with Crippen LogP contribution in [0.25, 0.3) is 32.7 Å². The first-order chi connectivity index (χ1) is 16.3. The van der Waals surface area contributed by atoms with Gasteiger partial charge in [-0.1, -0.05) is 60.7 Å². The Hall–Kier alpha value is -4.03. The van der Waals surface area contributed by atoms with Gasteiger partial charge in [-0.25, -0.2) is 8.42 Å². The van der Waals surface area contributed by atoms with Gasteiger partial charge in [0.15, 0.2) is 0 Å². The van der Waals surface area contributed by atoms with Gasteiger partial charge in [0.2, 0.25) is 0 Å². The van der Waals surface area contributed by atoms with Crippen LogP contribution in [0.15, 0.2) is 89.8 Å². The number of phenolic OH excluding ortho intramolecular Hbond substituents is 2. The van der Waals surface area contributed by atoms with Crippen LogP contribution in [-0.4, -0.2) is 18.6 Å². The molecular formula is C28H23NO4S. The first-order valence-corrected chi connectivity index (χ1v) is 12.3. The van der Waals surface area contributed by atoms with Crippen molar-refractivity contribution in [1.82, 2.24) is 0 Å². The first kappa shape index (κ1) is 21.8. The van der Waals surface area contributed by atoms with E-state index >= 15 is 0 Å². The highest BCUT2D eigenvalue weighted by atomic mass is 32.2. The van der Waals surface area contributed by atoms with E-state index in [1.807, 2.05) is 38.1 Å². The van der Waals surface area contributed by atoms with Gasteiger partial charge in [-0.3, -0.25) is 4.72 Å². The molecule has 0 heterocycles. The van der Waals surface area contributed by atoms with Crippen LogP contribution in [-0.2, 0) is 10.0 Å². The Morgan fingerprint density at radius 1 is 0.706 bits per heavy atom. The topological polar surface area (TPSA) is 86.6 Å². The van der Waals surface area contributed by atoms with Crippen LogP contribution in [0.1, 0.15) is 11.1 Å². The van der Waals surface area contributed by atoms with E-state index < -0.39 is 10.0 Å². The zero-order chi connectivity index (χ0) is 24.0. The van der Waals surface area contributed by atoms with Crippen molar-refractivity contribution in [2.75, 3.05) is 4.72 Å². The predicted octanol–water partition coefficient (Wildman–Crippen LogP) is 6.49. The van der Waals surface area contributed by atoms with Crippen molar-refractivity contribution >= 4 is 37.3 Å². The maximum absolute atomic E-state index is 13.3. The summed E-state index contributed by atoms with van der Waals surface area (Å²) in [6, 6.07) is 24.5. The minimum absolute atomic E-state index is 0.00718. The Kier molecular flexibility index (Phi) is 5.18. The molecular weight excluding hydrogens is 446 g/mol. The quantitative estimate of drug-likeness (QED) is 0.263. The molecule has 0 aliphatic rings. The van der Waals surface area contributed by atoms with Gasteiger partial charge < -0.3 is 10.2 Å². The number of rotatable bonds is 4. The third-order valence-electron chi connectivity index (χ3n) is 6.23. The van der Waals surface area contributed by atoms with Gasteiger partial charge in [-0.05, 0) is 60.0 Å². The monoisotopic (exact) mass is 469 g/mol. The van der Waals surface area contributed by atoms with Crippen LogP contribution >= 0.6 is 0 Å². The number of phenols is 2. The number of fused-ring (bicyclic) bond motifs is 2. The number of sulfonamides is 1. The lowest BCUT2D eigenvalue weighted by molar-refractivity contribution is 0.472. The normalized spacial score (nSPS) is 11.7. The third kappa shape index (κ3) is 3.62. The molecule has 3 N–H and O–H groups in total. The average molecular weight is 470 g/mol. The fraction of sp³-hybridized carbons (Fsp3) is 0.0714. The maximum atomic E-state index is 13.3. The van der Waals surface area contributed by atoms with Crippen molar-refractivity contribution in [3.8, 4) is 22.6 Å². The van der Waals surface area contributed by atoms with E-state index in [1.165, 1.54) is 0 Å². The van der Waals surface area contributed by atoms with Crippen LogP contribution in [0.5, 0.6) is 11.5 Å². The summed E-state index contributed by atoms with van der Waals surface area (Å²) in [5, 5.41) is 24.6. The molecule has 6 heteroatoms. The summed E-state index contributed by atoms with van der Waals surface area (Å²) in [4.78, 5) is 0.155. The zero-order valence-corrected chi connectivity index (χ0v) is 19.5. The van der Waals surface area contributed by atoms with Crippen molar-refractivity contribution in [2.24, 2.45) is 0 Å². The standard InChI is InChI=1S/C28H23NO4S/c1-17-11-13-20(15-18(17)2)34(32,33)29-25-16-24(28(31)23-10-6-5-9-22(23)25)27-21-8-4-3-7-19(21)12-14-26(27)30/h3-16,29-31H,1-2H3. The Morgan fingerprint density at radius 3 is 2.12 bits per heavy atom. The van der Waals surface area contributed by atoms with Gasteiger partial charge in [0.1, 0.15) is 11.5 Å². The van der Waals surface area contributed by atoms with Gasteiger partial charge in [0.25, 0.3) is 10.0 Å². The minimum Gasteiger partial charge on any atom is -0.507 e. The second kappa shape index (κ2) is 8.08. The Labute approximate surface area is 198 Å². The molecule has 0 bridgehead atoms. The molecule has 0 spiro atoms. The Balaban J connectivity index is 1.76. The first-order valence-electron chi connectivity index (χ1n) is 10.8. The highest BCUT2D eigenvalue weighted by molar-refractivity contribution is 7.92. The molecule has 0 radical (unpaired) electrons. The van der Waals surface area contributed by atoms with E-state index in [9.17, 15) is 18.6 Å². The van der Waals surface area contributed by atoms with Crippen molar-refractivity contribution in [2.45, 2.75) is 18.7 Å². The fourth-order valence-electron chi connectivity index (χ4n) is 4.26. The maximum Gasteiger partial charge on any atom is 0.261 e. The molecule has 0 aliphatic carbocycles. The van der Waals surface area contributed by atoms with Crippen LogP contribution in [0.3, 0.4) is 0 Å². The molecule has 0 saturated heterocycles. The fourth-order valence-corrected chi connectivity index (χ4v) is 5.42. The number of aryl methyl sites for hydroxylation is 2. The Morgan fingerprint density at radius 2 is 1.38 bits per heavy atom. The molecule has 0 atom stereocenters. The van der Waals surface area contributed by atoms with E-state index in [0.717, 1.165) is 21.9 Å². The van der Waals surface area contributed by atoms with Crippen LogP contribution in [0.4, 0.5) is 5.69 Å². The number of aromatic hydroxyl groups is 2.